The molecule has 0 spiro atoms. The van der Waals surface area contributed by atoms with Gasteiger partial charge in [-0.1, -0.05) is 30.3 Å². The van der Waals surface area contributed by atoms with E-state index in [1.807, 2.05) is 18.2 Å². The van der Waals surface area contributed by atoms with Gasteiger partial charge in [0.15, 0.2) is 0 Å². The zero-order valence-electron chi connectivity index (χ0n) is 14.3. The molecule has 2 N–H and O–H groups in total. The molecule has 2 aromatic rings. The van der Waals surface area contributed by atoms with E-state index in [0.717, 1.165) is 25.9 Å². The number of hydrogen-bond acceptors (Lipinski definition) is 4. The van der Waals surface area contributed by atoms with E-state index in [4.69, 9.17) is 5.11 Å². The quantitative estimate of drug-likeness (QED) is 0.810. The topological polar surface area (TPSA) is 86.7 Å². The number of carbonyl (C=O) groups is 1. The summed E-state index contributed by atoms with van der Waals surface area (Å²) < 4.78 is 27.9. The van der Waals surface area contributed by atoms with Crippen molar-refractivity contribution in [1.82, 2.24) is 9.62 Å². The van der Waals surface area contributed by atoms with Crippen LogP contribution in [0.15, 0.2) is 59.5 Å². The summed E-state index contributed by atoms with van der Waals surface area (Å²) in [5, 5.41) is 8.92. The number of aromatic carboxylic acids is 1. The Labute approximate surface area is 153 Å². The molecule has 3 rings (SSSR count). The summed E-state index contributed by atoms with van der Waals surface area (Å²) in [6.07, 6.45) is 1.72. The lowest BCUT2D eigenvalue weighted by atomic mass is 10.1. The molecule has 1 aliphatic heterocycles. The largest absolute Gasteiger partial charge is 0.478 e. The number of nitrogens with zero attached hydrogens (tertiary/aromatic N) is 1. The monoisotopic (exact) mass is 374 g/mol. The van der Waals surface area contributed by atoms with Crippen molar-refractivity contribution in [3.05, 3.63) is 65.7 Å². The van der Waals surface area contributed by atoms with Gasteiger partial charge in [-0.15, -0.1) is 0 Å². The number of benzene rings is 2. The van der Waals surface area contributed by atoms with Crippen molar-refractivity contribution in [2.24, 2.45) is 0 Å². The second-order valence-electron chi connectivity index (χ2n) is 6.51. The molecule has 0 saturated carbocycles. The molecular formula is C19H22N2O4S. The van der Waals surface area contributed by atoms with Crippen LogP contribution in [0.3, 0.4) is 0 Å². The smallest absolute Gasteiger partial charge is 0.335 e. The number of piperidine rings is 1. The Morgan fingerprint density at radius 2 is 1.81 bits per heavy atom. The van der Waals surface area contributed by atoms with Crippen LogP contribution in [0, 0.1) is 0 Å². The molecule has 0 bridgehead atoms. The number of nitrogens with one attached hydrogen (secondary N) is 1. The summed E-state index contributed by atoms with van der Waals surface area (Å²) in [6, 6.07) is 15.2. The fourth-order valence-corrected chi connectivity index (χ4v) is 4.46. The van der Waals surface area contributed by atoms with Crippen LogP contribution in [0.2, 0.25) is 0 Å². The molecule has 2 aromatic carbocycles. The predicted octanol–water partition coefficient (Wildman–Crippen LogP) is 2.33. The molecule has 6 nitrogen and oxygen atoms in total. The van der Waals surface area contributed by atoms with Gasteiger partial charge in [0.25, 0.3) is 0 Å². The molecule has 1 heterocycles. The molecule has 7 heteroatoms. The van der Waals surface area contributed by atoms with Crippen LogP contribution in [0.1, 0.15) is 28.8 Å². The normalized spacial score (nSPS) is 18.5. The lowest BCUT2D eigenvalue weighted by molar-refractivity contribution is 0.0696. The fourth-order valence-electron chi connectivity index (χ4n) is 3.20. The maximum absolute atomic E-state index is 12.6. The van der Waals surface area contributed by atoms with Crippen LogP contribution in [0.4, 0.5) is 0 Å². The number of hydrogen-bond donors (Lipinski definition) is 2. The Morgan fingerprint density at radius 3 is 2.46 bits per heavy atom. The zero-order chi connectivity index (χ0) is 18.6. The van der Waals surface area contributed by atoms with E-state index in [1.165, 1.54) is 29.8 Å². The number of rotatable bonds is 6. The van der Waals surface area contributed by atoms with Gasteiger partial charge in [0.2, 0.25) is 10.0 Å². The summed E-state index contributed by atoms with van der Waals surface area (Å²) in [7, 11) is -3.67. The minimum Gasteiger partial charge on any atom is -0.478 e. The summed E-state index contributed by atoms with van der Waals surface area (Å²) in [4.78, 5) is 13.2. The highest BCUT2D eigenvalue weighted by molar-refractivity contribution is 7.89. The fraction of sp³-hybridized carbons (Fsp3) is 0.316. The Bertz CT molecular complexity index is 851. The molecule has 0 aliphatic carbocycles. The van der Waals surface area contributed by atoms with Gasteiger partial charge in [0.05, 0.1) is 10.5 Å². The van der Waals surface area contributed by atoms with Crippen LogP contribution in [-0.2, 0) is 16.6 Å². The van der Waals surface area contributed by atoms with Crippen molar-refractivity contribution in [3.8, 4) is 0 Å². The highest BCUT2D eigenvalue weighted by Crippen LogP contribution is 2.17. The standard InChI is InChI=1S/C19H22N2O4S/c22-19(23)16-8-10-18(11-9-16)26(24,25)20-17-7-4-12-21(14-17)13-15-5-2-1-3-6-15/h1-3,5-6,8-11,17,20H,4,7,12-14H2,(H,22,23)/t17-/m1/s1. The van der Waals surface area contributed by atoms with Gasteiger partial charge >= 0.3 is 5.97 Å². The lowest BCUT2D eigenvalue weighted by Crippen LogP contribution is -2.47. The second kappa shape index (κ2) is 7.99. The van der Waals surface area contributed by atoms with E-state index >= 15 is 0 Å². The first-order valence-corrected chi connectivity index (χ1v) is 10.0. The summed E-state index contributed by atoms with van der Waals surface area (Å²) >= 11 is 0. The van der Waals surface area contributed by atoms with Crippen LogP contribution in [-0.4, -0.2) is 43.5 Å². The first-order valence-electron chi connectivity index (χ1n) is 8.56. The van der Waals surface area contributed by atoms with Crippen LogP contribution >= 0.6 is 0 Å². The number of carboxylic acid groups (broad SMARTS) is 1. The molecule has 1 saturated heterocycles. The first-order chi connectivity index (χ1) is 12.4. The molecule has 0 aromatic heterocycles. The molecular weight excluding hydrogens is 352 g/mol. The molecule has 1 atom stereocenters. The van der Waals surface area contributed by atoms with E-state index in [2.05, 4.69) is 21.8 Å². The van der Waals surface area contributed by atoms with Crippen molar-refractivity contribution >= 4 is 16.0 Å². The SMILES string of the molecule is O=C(O)c1ccc(S(=O)(=O)N[C@@H]2CCCN(Cc3ccccc3)C2)cc1. The summed E-state index contributed by atoms with van der Waals surface area (Å²) in [5.74, 6) is -1.08. The van der Waals surface area contributed by atoms with Gasteiger partial charge in [-0.25, -0.2) is 17.9 Å². The minimum absolute atomic E-state index is 0.0654. The molecule has 138 valence electrons. The minimum atomic E-state index is -3.67. The second-order valence-corrected chi connectivity index (χ2v) is 8.22. The lowest BCUT2D eigenvalue weighted by Gasteiger charge is -2.33. The van der Waals surface area contributed by atoms with Crippen molar-refractivity contribution in [2.45, 2.75) is 30.3 Å². The zero-order valence-corrected chi connectivity index (χ0v) is 15.2. The van der Waals surface area contributed by atoms with E-state index in [9.17, 15) is 13.2 Å². The maximum Gasteiger partial charge on any atom is 0.335 e. The Morgan fingerprint density at radius 1 is 1.12 bits per heavy atom. The van der Waals surface area contributed by atoms with E-state index in [0.29, 0.717) is 6.54 Å². The Kier molecular flexibility index (Phi) is 5.70. The molecule has 1 aliphatic rings. The number of carboxylic acids is 1. The van der Waals surface area contributed by atoms with Gasteiger partial charge < -0.3 is 5.11 Å². The average Bonchev–Trinajstić information content (AvgIpc) is 2.62. The Balaban J connectivity index is 1.64. The van der Waals surface area contributed by atoms with Crippen LogP contribution in [0.25, 0.3) is 0 Å². The summed E-state index contributed by atoms with van der Waals surface area (Å²) in [5.41, 5.74) is 1.27. The first kappa shape index (κ1) is 18.6. The molecule has 26 heavy (non-hydrogen) atoms. The van der Waals surface area contributed by atoms with Gasteiger partial charge in [-0.2, -0.15) is 0 Å². The van der Waals surface area contributed by atoms with E-state index in [1.54, 1.807) is 0 Å². The Hall–Kier alpha value is -2.22. The third-order valence-corrected chi connectivity index (χ3v) is 6.02. The third kappa shape index (κ3) is 4.69. The van der Waals surface area contributed by atoms with E-state index in [-0.39, 0.29) is 16.5 Å². The van der Waals surface area contributed by atoms with Gasteiger partial charge in [0.1, 0.15) is 0 Å². The molecule has 0 radical (unpaired) electrons. The number of sulfonamides is 1. The molecule has 0 unspecified atom stereocenters. The van der Waals surface area contributed by atoms with Crippen LogP contribution < -0.4 is 4.72 Å². The van der Waals surface area contributed by atoms with Crippen molar-refractivity contribution in [1.29, 1.82) is 0 Å². The highest BCUT2D eigenvalue weighted by atomic mass is 32.2. The average molecular weight is 374 g/mol. The predicted molar refractivity (Wildman–Crippen MR) is 98.5 cm³/mol. The van der Waals surface area contributed by atoms with Crippen molar-refractivity contribution in [3.63, 3.8) is 0 Å². The highest BCUT2D eigenvalue weighted by Gasteiger charge is 2.25. The maximum atomic E-state index is 12.6. The molecule has 1 fully saturated rings. The number of likely N-dealkylation sites (tertiary alicyclic amines) is 1. The molecule has 0 amide bonds. The van der Waals surface area contributed by atoms with Gasteiger partial charge in [0, 0.05) is 19.1 Å². The van der Waals surface area contributed by atoms with E-state index < -0.39 is 16.0 Å². The van der Waals surface area contributed by atoms with Crippen molar-refractivity contribution < 1.29 is 18.3 Å². The van der Waals surface area contributed by atoms with Crippen molar-refractivity contribution in [2.75, 3.05) is 13.1 Å². The summed E-state index contributed by atoms with van der Waals surface area (Å²) in [6.45, 7) is 2.40. The van der Waals surface area contributed by atoms with Crippen LogP contribution in [0.5, 0.6) is 0 Å². The van der Waals surface area contributed by atoms with Gasteiger partial charge in [-0.05, 0) is 49.2 Å². The van der Waals surface area contributed by atoms with Gasteiger partial charge in [-0.3, -0.25) is 4.90 Å². The third-order valence-electron chi connectivity index (χ3n) is 4.49.